The summed E-state index contributed by atoms with van der Waals surface area (Å²) in [6, 6.07) is -0.0186. The van der Waals surface area contributed by atoms with Crippen LogP contribution in [0.4, 0.5) is 15.1 Å². The first kappa shape index (κ1) is 13.6. The van der Waals surface area contributed by atoms with E-state index in [0.717, 1.165) is 30.8 Å². The summed E-state index contributed by atoms with van der Waals surface area (Å²) in [7, 11) is 3.76. The topological polar surface area (TPSA) is 90.4 Å². The summed E-state index contributed by atoms with van der Waals surface area (Å²) in [6.07, 6.45) is 3.58. The van der Waals surface area contributed by atoms with Gasteiger partial charge in [-0.1, -0.05) is 11.3 Å². The van der Waals surface area contributed by atoms with E-state index in [1.54, 1.807) is 0 Å². The number of anilines is 2. The molecule has 8 heteroatoms. The summed E-state index contributed by atoms with van der Waals surface area (Å²) in [6.45, 7) is 0. The first-order valence-electron chi connectivity index (χ1n) is 6.72. The quantitative estimate of drug-likeness (QED) is 0.775. The number of aliphatic hydroxyl groups is 1. The average Bonchev–Trinajstić information content (AvgIpc) is 2.72. The van der Waals surface area contributed by atoms with Crippen LogP contribution in [0.15, 0.2) is 0 Å². The monoisotopic (exact) mass is 297 g/mol. The zero-order valence-corrected chi connectivity index (χ0v) is 12.4. The van der Waals surface area contributed by atoms with Gasteiger partial charge in [0.1, 0.15) is 0 Å². The third-order valence-electron chi connectivity index (χ3n) is 4.05. The molecule has 0 saturated heterocycles. The molecule has 2 saturated carbocycles. The van der Waals surface area contributed by atoms with Crippen LogP contribution in [0.2, 0.25) is 0 Å². The van der Waals surface area contributed by atoms with E-state index < -0.39 is 0 Å². The minimum absolute atomic E-state index is 0.129. The standard InChI is InChI=1S/C12H19N5O2S/c1-17(2)11-16-15-10(20-11)14-9(19)13-7-3-12(4-7)5-8(18)6-12/h7-8,18H,3-6H2,1-2H3,(H2,13,14,15,19). The van der Waals surface area contributed by atoms with Crippen molar-refractivity contribution in [3.05, 3.63) is 0 Å². The van der Waals surface area contributed by atoms with E-state index in [2.05, 4.69) is 20.8 Å². The van der Waals surface area contributed by atoms with E-state index in [-0.39, 0.29) is 18.2 Å². The number of nitrogens with zero attached hydrogens (tertiary/aromatic N) is 3. The second-order valence-electron chi connectivity index (χ2n) is 6.05. The van der Waals surface area contributed by atoms with Crippen molar-refractivity contribution in [2.45, 2.75) is 37.8 Å². The van der Waals surface area contributed by atoms with Crippen LogP contribution >= 0.6 is 11.3 Å². The Hall–Kier alpha value is -1.41. The molecule has 110 valence electrons. The smallest absolute Gasteiger partial charge is 0.321 e. The van der Waals surface area contributed by atoms with Crippen molar-refractivity contribution in [1.29, 1.82) is 0 Å². The van der Waals surface area contributed by atoms with E-state index in [9.17, 15) is 9.90 Å². The third-order valence-corrected chi connectivity index (χ3v) is 5.06. The molecule has 3 rings (SSSR count). The highest BCUT2D eigenvalue weighted by Gasteiger charge is 2.52. The lowest BCUT2D eigenvalue weighted by atomic mass is 9.53. The minimum atomic E-state index is -0.230. The average molecular weight is 297 g/mol. The number of aromatic nitrogens is 2. The first-order chi connectivity index (χ1) is 9.46. The fraction of sp³-hybridized carbons (Fsp3) is 0.750. The number of hydrogen-bond donors (Lipinski definition) is 3. The Morgan fingerprint density at radius 2 is 2.05 bits per heavy atom. The van der Waals surface area contributed by atoms with Gasteiger partial charge in [-0.2, -0.15) is 0 Å². The van der Waals surface area contributed by atoms with Gasteiger partial charge in [-0.15, -0.1) is 10.2 Å². The summed E-state index contributed by atoms with van der Waals surface area (Å²) in [5.41, 5.74) is 0.304. The molecule has 2 amide bonds. The number of rotatable bonds is 3. The summed E-state index contributed by atoms with van der Waals surface area (Å²) in [5.74, 6) is 0. The van der Waals surface area contributed by atoms with E-state index >= 15 is 0 Å². The van der Waals surface area contributed by atoms with E-state index in [4.69, 9.17) is 0 Å². The predicted molar refractivity (Wildman–Crippen MR) is 77.1 cm³/mol. The molecule has 0 aromatic carbocycles. The SMILES string of the molecule is CN(C)c1nnc(NC(=O)NC2CC3(CC(O)C3)C2)s1. The van der Waals surface area contributed by atoms with Gasteiger partial charge in [-0.25, -0.2) is 4.79 Å². The summed E-state index contributed by atoms with van der Waals surface area (Å²) >= 11 is 1.34. The van der Waals surface area contributed by atoms with Crippen LogP contribution in [-0.4, -0.2) is 47.6 Å². The van der Waals surface area contributed by atoms with Gasteiger partial charge in [0.2, 0.25) is 10.3 Å². The molecule has 1 spiro atoms. The van der Waals surface area contributed by atoms with Crippen molar-refractivity contribution in [2.75, 3.05) is 24.3 Å². The lowest BCUT2D eigenvalue weighted by Gasteiger charge is -2.56. The predicted octanol–water partition coefficient (Wildman–Crippen LogP) is 1.03. The lowest BCUT2D eigenvalue weighted by molar-refractivity contribution is -0.0943. The molecule has 2 aliphatic rings. The van der Waals surface area contributed by atoms with Crippen LogP contribution in [0.25, 0.3) is 0 Å². The third kappa shape index (κ3) is 2.57. The molecule has 0 unspecified atom stereocenters. The molecular formula is C12H19N5O2S. The number of hydrogen-bond acceptors (Lipinski definition) is 6. The molecule has 2 fully saturated rings. The van der Waals surface area contributed by atoms with Gasteiger partial charge in [-0.05, 0) is 31.1 Å². The van der Waals surface area contributed by atoms with Gasteiger partial charge in [-0.3, -0.25) is 5.32 Å². The van der Waals surface area contributed by atoms with E-state index in [1.165, 1.54) is 11.3 Å². The summed E-state index contributed by atoms with van der Waals surface area (Å²) in [4.78, 5) is 13.7. The molecular weight excluding hydrogens is 278 g/mol. The van der Waals surface area contributed by atoms with Gasteiger partial charge in [0, 0.05) is 20.1 Å². The fourth-order valence-corrected chi connectivity index (χ4v) is 3.79. The van der Waals surface area contributed by atoms with Crippen molar-refractivity contribution in [1.82, 2.24) is 15.5 Å². The zero-order chi connectivity index (χ0) is 14.3. The number of nitrogens with one attached hydrogen (secondary N) is 2. The number of amides is 2. The normalized spacial score (nSPS) is 31.4. The van der Waals surface area contributed by atoms with Gasteiger partial charge < -0.3 is 15.3 Å². The Bertz CT molecular complexity index is 504. The van der Waals surface area contributed by atoms with Crippen molar-refractivity contribution < 1.29 is 9.90 Å². The van der Waals surface area contributed by atoms with Crippen LogP contribution < -0.4 is 15.5 Å². The fourth-order valence-electron chi connectivity index (χ4n) is 3.13. The number of carbonyl (C=O) groups is 1. The zero-order valence-electron chi connectivity index (χ0n) is 11.6. The number of aliphatic hydroxyl groups excluding tert-OH is 1. The van der Waals surface area contributed by atoms with Crippen molar-refractivity contribution in [2.24, 2.45) is 5.41 Å². The van der Waals surface area contributed by atoms with Gasteiger partial charge >= 0.3 is 6.03 Å². The lowest BCUT2D eigenvalue weighted by Crippen LogP contribution is -2.58. The van der Waals surface area contributed by atoms with Crippen molar-refractivity contribution >= 4 is 27.6 Å². The van der Waals surface area contributed by atoms with Gasteiger partial charge in [0.05, 0.1) is 6.10 Å². The Balaban J connectivity index is 1.44. The number of urea groups is 1. The molecule has 1 heterocycles. The van der Waals surface area contributed by atoms with Crippen LogP contribution in [-0.2, 0) is 0 Å². The molecule has 0 radical (unpaired) electrons. The van der Waals surface area contributed by atoms with Crippen LogP contribution in [0.1, 0.15) is 25.7 Å². The second kappa shape index (κ2) is 4.85. The molecule has 20 heavy (non-hydrogen) atoms. The molecule has 1 aromatic heterocycles. The van der Waals surface area contributed by atoms with Crippen molar-refractivity contribution in [3.63, 3.8) is 0 Å². The molecule has 0 atom stereocenters. The number of carbonyl (C=O) groups excluding carboxylic acids is 1. The molecule has 3 N–H and O–H groups in total. The Morgan fingerprint density at radius 1 is 1.35 bits per heavy atom. The highest BCUT2D eigenvalue weighted by Crippen LogP contribution is 2.55. The van der Waals surface area contributed by atoms with Crippen LogP contribution in [0.3, 0.4) is 0 Å². The van der Waals surface area contributed by atoms with E-state index in [1.807, 2.05) is 19.0 Å². The molecule has 0 aliphatic heterocycles. The van der Waals surface area contributed by atoms with Gasteiger partial charge in [0.25, 0.3) is 0 Å². The second-order valence-corrected chi connectivity index (χ2v) is 7.01. The first-order valence-corrected chi connectivity index (χ1v) is 7.54. The van der Waals surface area contributed by atoms with E-state index in [0.29, 0.717) is 10.5 Å². The Kier molecular flexibility index (Phi) is 3.29. The molecule has 2 aliphatic carbocycles. The largest absolute Gasteiger partial charge is 0.393 e. The maximum atomic E-state index is 11.8. The Labute approximate surface area is 121 Å². The highest BCUT2D eigenvalue weighted by molar-refractivity contribution is 7.19. The van der Waals surface area contributed by atoms with Crippen molar-refractivity contribution in [3.8, 4) is 0 Å². The molecule has 1 aromatic rings. The van der Waals surface area contributed by atoms with Gasteiger partial charge in [0.15, 0.2) is 0 Å². The molecule has 0 bridgehead atoms. The maximum Gasteiger partial charge on any atom is 0.321 e. The molecule has 7 nitrogen and oxygen atoms in total. The highest BCUT2D eigenvalue weighted by atomic mass is 32.1. The Morgan fingerprint density at radius 3 is 2.60 bits per heavy atom. The van der Waals surface area contributed by atoms with Crippen LogP contribution in [0.5, 0.6) is 0 Å². The summed E-state index contributed by atoms with van der Waals surface area (Å²) < 4.78 is 0. The summed E-state index contributed by atoms with van der Waals surface area (Å²) in [5, 5.41) is 24.1. The minimum Gasteiger partial charge on any atom is -0.393 e. The maximum absolute atomic E-state index is 11.8. The van der Waals surface area contributed by atoms with Crippen LogP contribution in [0, 0.1) is 5.41 Å².